The molecule has 1 fully saturated rings. The monoisotopic (exact) mass is 456 g/mol. The Balaban J connectivity index is 2.75. The van der Waals surface area contributed by atoms with Gasteiger partial charge in [-0.3, -0.25) is 29.1 Å². The van der Waals surface area contributed by atoms with Crippen molar-refractivity contribution in [1.82, 2.24) is 20.0 Å². The highest BCUT2D eigenvalue weighted by Crippen LogP contribution is 2.09. The molecule has 0 atom stereocenters. The number of ketones is 1. The molecule has 1 N–H and O–H groups in total. The van der Waals surface area contributed by atoms with Gasteiger partial charge in [-0.2, -0.15) is 0 Å². The first kappa shape index (κ1) is 28.5. The molecule has 1 rings (SSSR count). The Bertz CT molecular complexity index is 568. The van der Waals surface area contributed by atoms with E-state index >= 15 is 0 Å². The molecule has 186 valence electrons. The van der Waals surface area contributed by atoms with Crippen LogP contribution in [-0.2, 0) is 23.9 Å². The lowest BCUT2D eigenvalue weighted by Gasteiger charge is -2.31. The van der Waals surface area contributed by atoms with E-state index in [0.717, 1.165) is 13.1 Å². The summed E-state index contributed by atoms with van der Waals surface area (Å²) >= 11 is 0. The van der Waals surface area contributed by atoms with Gasteiger partial charge in [0.2, 0.25) is 0 Å². The number of nitrogens with one attached hydrogen (secondary N) is 1. The summed E-state index contributed by atoms with van der Waals surface area (Å²) in [5.41, 5.74) is -1.03. The Morgan fingerprint density at radius 1 is 0.656 bits per heavy atom. The van der Waals surface area contributed by atoms with Crippen LogP contribution < -0.4 is 5.32 Å². The molecule has 0 aromatic heterocycles. The zero-order valence-corrected chi connectivity index (χ0v) is 21.2. The van der Waals surface area contributed by atoms with Crippen LogP contribution in [0.4, 0.5) is 0 Å². The minimum absolute atomic E-state index is 0.0937. The van der Waals surface area contributed by atoms with Gasteiger partial charge in [-0.25, -0.2) is 0 Å². The highest BCUT2D eigenvalue weighted by molar-refractivity contribution is 5.77. The Kier molecular flexibility index (Phi) is 11.8. The molecule has 0 bridgehead atoms. The van der Waals surface area contributed by atoms with Crippen LogP contribution in [-0.4, -0.2) is 116 Å². The largest absolute Gasteiger partial charge is 0.459 e. The predicted molar refractivity (Wildman–Crippen MR) is 125 cm³/mol. The fraction of sp³-hybridized carbons (Fsp3) is 0.870. The number of carbonyl (C=O) groups is 3. The van der Waals surface area contributed by atoms with E-state index in [1.54, 1.807) is 6.92 Å². The second-order valence-electron chi connectivity index (χ2n) is 10.5. The van der Waals surface area contributed by atoms with E-state index in [1.807, 2.05) is 41.5 Å². The summed E-state index contributed by atoms with van der Waals surface area (Å²) in [6.45, 7) is 19.0. The van der Waals surface area contributed by atoms with Crippen molar-refractivity contribution >= 4 is 17.7 Å². The Hall–Kier alpha value is -1.55. The smallest absolute Gasteiger partial charge is 0.320 e. The van der Waals surface area contributed by atoms with Crippen LogP contribution in [0.25, 0.3) is 0 Å². The maximum Gasteiger partial charge on any atom is 0.320 e. The predicted octanol–water partition coefficient (Wildman–Crippen LogP) is 0.768. The van der Waals surface area contributed by atoms with Crippen LogP contribution in [0.5, 0.6) is 0 Å². The first-order chi connectivity index (χ1) is 14.7. The number of rotatable bonds is 6. The first-order valence-electron chi connectivity index (χ1n) is 11.5. The summed E-state index contributed by atoms with van der Waals surface area (Å²) in [4.78, 5) is 42.6. The number of carbonyl (C=O) groups excluding carboxylic acids is 3. The molecule has 0 aromatic rings. The van der Waals surface area contributed by atoms with E-state index in [-0.39, 0.29) is 30.8 Å². The molecule has 0 aliphatic carbocycles. The van der Waals surface area contributed by atoms with Gasteiger partial charge in [0.15, 0.2) is 0 Å². The lowest BCUT2D eigenvalue weighted by Crippen LogP contribution is -2.48. The van der Waals surface area contributed by atoms with Crippen LogP contribution in [0.15, 0.2) is 0 Å². The summed E-state index contributed by atoms with van der Waals surface area (Å²) in [6.07, 6.45) is 0. The van der Waals surface area contributed by atoms with Crippen LogP contribution >= 0.6 is 0 Å². The second-order valence-corrected chi connectivity index (χ2v) is 10.5. The zero-order chi connectivity index (χ0) is 24.4. The average molecular weight is 457 g/mol. The van der Waals surface area contributed by atoms with Crippen molar-refractivity contribution < 1.29 is 23.9 Å². The van der Waals surface area contributed by atoms with E-state index < -0.39 is 11.2 Å². The summed E-state index contributed by atoms with van der Waals surface area (Å²) in [5, 5.41) is 3.39. The maximum atomic E-state index is 12.3. The molecule has 1 aliphatic rings. The molecule has 1 aliphatic heterocycles. The quantitative estimate of drug-likeness (QED) is 0.582. The van der Waals surface area contributed by atoms with Crippen molar-refractivity contribution in [1.29, 1.82) is 0 Å². The number of hydrogen-bond acceptors (Lipinski definition) is 9. The van der Waals surface area contributed by atoms with Crippen molar-refractivity contribution in [2.24, 2.45) is 0 Å². The van der Waals surface area contributed by atoms with Gasteiger partial charge in [0.1, 0.15) is 17.0 Å². The molecule has 0 saturated carbocycles. The molecule has 32 heavy (non-hydrogen) atoms. The van der Waals surface area contributed by atoms with Crippen LogP contribution in [0, 0.1) is 0 Å². The third-order valence-electron chi connectivity index (χ3n) is 4.67. The van der Waals surface area contributed by atoms with Gasteiger partial charge in [-0.05, 0) is 48.5 Å². The third kappa shape index (κ3) is 14.5. The fourth-order valence-corrected chi connectivity index (χ4v) is 3.40. The molecule has 9 nitrogen and oxygen atoms in total. The lowest BCUT2D eigenvalue weighted by molar-refractivity contribution is -0.157. The number of esters is 2. The second kappa shape index (κ2) is 13.2. The molecule has 0 spiro atoms. The first-order valence-corrected chi connectivity index (χ1v) is 11.5. The minimum atomic E-state index is -0.514. The Morgan fingerprint density at radius 2 is 1.00 bits per heavy atom. The number of hydrogen-bond donors (Lipinski definition) is 1. The highest BCUT2D eigenvalue weighted by atomic mass is 16.6. The number of Topliss-reactive ketones (excluding diaryl/α,β-unsaturated/α-hetero) is 1. The standard InChI is InChI=1S/C23H44N4O5/c1-19(28)16-27-14-12-25(17-20(29)31-22(2,3)4)10-8-24-9-11-26(13-15-27)18-21(30)32-23(5,6)7/h24H,8-18H2,1-7H3. The molecule has 9 heteroatoms. The van der Waals surface area contributed by atoms with Gasteiger partial charge in [0, 0.05) is 52.4 Å². The van der Waals surface area contributed by atoms with E-state index in [0.29, 0.717) is 45.8 Å². The minimum Gasteiger partial charge on any atom is -0.459 e. The van der Waals surface area contributed by atoms with Crippen molar-refractivity contribution in [2.75, 3.05) is 72.0 Å². The summed E-state index contributed by atoms with van der Waals surface area (Å²) in [7, 11) is 0. The molecular weight excluding hydrogens is 412 g/mol. The van der Waals surface area contributed by atoms with Gasteiger partial charge >= 0.3 is 11.9 Å². The van der Waals surface area contributed by atoms with Gasteiger partial charge in [-0.1, -0.05) is 0 Å². The van der Waals surface area contributed by atoms with Crippen molar-refractivity contribution in [3.63, 3.8) is 0 Å². The summed E-state index contributed by atoms with van der Waals surface area (Å²) in [5.74, 6) is -0.395. The fourth-order valence-electron chi connectivity index (χ4n) is 3.40. The summed E-state index contributed by atoms with van der Waals surface area (Å²) < 4.78 is 10.9. The number of ether oxygens (including phenoxy) is 2. The lowest BCUT2D eigenvalue weighted by atomic mass is 10.2. The normalized spacial score (nSPS) is 19.0. The van der Waals surface area contributed by atoms with Gasteiger partial charge in [0.05, 0.1) is 19.6 Å². The van der Waals surface area contributed by atoms with Crippen LogP contribution in [0.2, 0.25) is 0 Å². The van der Waals surface area contributed by atoms with Crippen LogP contribution in [0.1, 0.15) is 48.5 Å². The van der Waals surface area contributed by atoms with E-state index in [9.17, 15) is 14.4 Å². The third-order valence-corrected chi connectivity index (χ3v) is 4.67. The molecule has 0 radical (unpaired) electrons. The van der Waals surface area contributed by atoms with Gasteiger partial charge in [0.25, 0.3) is 0 Å². The maximum absolute atomic E-state index is 12.3. The SMILES string of the molecule is CC(=O)CN1CCN(CC(=O)OC(C)(C)C)CCNCCN(CC(=O)OC(C)(C)C)CC1. The van der Waals surface area contributed by atoms with Crippen LogP contribution in [0.3, 0.4) is 0 Å². The number of nitrogens with zero attached hydrogens (tertiary/aromatic N) is 3. The van der Waals surface area contributed by atoms with Crippen molar-refractivity contribution in [3.8, 4) is 0 Å². The van der Waals surface area contributed by atoms with E-state index in [4.69, 9.17) is 9.47 Å². The van der Waals surface area contributed by atoms with Gasteiger partial charge in [-0.15, -0.1) is 0 Å². The molecule has 0 amide bonds. The molecule has 0 unspecified atom stereocenters. The summed E-state index contributed by atoms with van der Waals surface area (Å²) in [6, 6.07) is 0. The van der Waals surface area contributed by atoms with E-state index in [2.05, 4.69) is 20.0 Å². The van der Waals surface area contributed by atoms with Gasteiger partial charge < -0.3 is 14.8 Å². The topological polar surface area (TPSA) is 91.4 Å². The van der Waals surface area contributed by atoms with Crippen molar-refractivity contribution in [3.05, 3.63) is 0 Å². The Morgan fingerprint density at radius 3 is 1.31 bits per heavy atom. The average Bonchev–Trinajstić information content (AvgIpc) is 2.57. The molecule has 1 heterocycles. The van der Waals surface area contributed by atoms with Crippen molar-refractivity contribution in [2.45, 2.75) is 59.7 Å². The highest BCUT2D eigenvalue weighted by Gasteiger charge is 2.22. The molecular formula is C23H44N4O5. The molecule has 0 aromatic carbocycles. The van der Waals surface area contributed by atoms with E-state index in [1.165, 1.54) is 0 Å². The molecule has 1 saturated heterocycles. The zero-order valence-electron chi connectivity index (χ0n) is 21.2. The Labute approximate surface area is 193 Å².